The molecule has 0 aliphatic heterocycles. The smallest absolute Gasteiger partial charge is 0.303 e. The largest absolute Gasteiger partial charge is 0.481 e. The van der Waals surface area contributed by atoms with Gasteiger partial charge >= 0.3 is 5.97 Å². The third-order valence-electron chi connectivity index (χ3n) is 1.99. The zero-order valence-electron chi connectivity index (χ0n) is 8.60. The zero-order valence-corrected chi connectivity index (χ0v) is 8.60. The summed E-state index contributed by atoms with van der Waals surface area (Å²) in [4.78, 5) is 14.4. The Balaban J connectivity index is 2.15. The SMILES string of the molecule is O=C(O)CCCC/C=C/c1ccccn1. The molecule has 3 heteroatoms. The topological polar surface area (TPSA) is 50.2 Å². The molecular formula is C12H15NO2. The first kappa shape index (κ1) is 11.4. The lowest BCUT2D eigenvalue weighted by molar-refractivity contribution is -0.137. The number of carbonyl (C=O) groups is 1. The molecule has 1 N–H and O–H groups in total. The maximum absolute atomic E-state index is 10.2. The van der Waals surface area contributed by atoms with Crippen molar-refractivity contribution in [3.8, 4) is 0 Å². The first-order chi connectivity index (χ1) is 7.29. The summed E-state index contributed by atoms with van der Waals surface area (Å²) in [5.41, 5.74) is 0.940. The van der Waals surface area contributed by atoms with Gasteiger partial charge in [-0.25, -0.2) is 0 Å². The molecule has 0 aliphatic rings. The summed E-state index contributed by atoms with van der Waals surface area (Å²) in [5, 5.41) is 8.42. The monoisotopic (exact) mass is 205 g/mol. The van der Waals surface area contributed by atoms with Crippen LogP contribution in [0.2, 0.25) is 0 Å². The van der Waals surface area contributed by atoms with Crippen LogP contribution in [-0.2, 0) is 4.79 Å². The zero-order chi connectivity index (χ0) is 10.9. The fourth-order valence-corrected chi connectivity index (χ4v) is 1.22. The Morgan fingerprint density at radius 3 is 2.93 bits per heavy atom. The summed E-state index contributed by atoms with van der Waals surface area (Å²) in [6.45, 7) is 0. The highest BCUT2D eigenvalue weighted by atomic mass is 16.4. The number of allylic oxidation sites excluding steroid dienone is 1. The lowest BCUT2D eigenvalue weighted by atomic mass is 10.2. The van der Waals surface area contributed by atoms with Crippen LogP contribution in [0.5, 0.6) is 0 Å². The van der Waals surface area contributed by atoms with Gasteiger partial charge in [-0.2, -0.15) is 0 Å². The number of pyridine rings is 1. The number of hydrogen-bond acceptors (Lipinski definition) is 2. The van der Waals surface area contributed by atoms with Crippen molar-refractivity contribution in [1.29, 1.82) is 0 Å². The molecule has 0 saturated heterocycles. The maximum Gasteiger partial charge on any atom is 0.303 e. The minimum absolute atomic E-state index is 0.261. The average Bonchev–Trinajstić information content (AvgIpc) is 2.24. The number of aromatic nitrogens is 1. The van der Waals surface area contributed by atoms with Crippen LogP contribution in [-0.4, -0.2) is 16.1 Å². The van der Waals surface area contributed by atoms with Crippen molar-refractivity contribution in [3.05, 3.63) is 36.2 Å². The lowest BCUT2D eigenvalue weighted by Gasteiger charge is -1.93. The summed E-state index contributed by atoms with van der Waals surface area (Å²) < 4.78 is 0. The van der Waals surface area contributed by atoms with Gasteiger partial charge in [0.05, 0.1) is 5.69 Å². The van der Waals surface area contributed by atoms with Gasteiger partial charge in [0.1, 0.15) is 0 Å². The highest BCUT2D eigenvalue weighted by Crippen LogP contribution is 2.03. The molecule has 0 amide bonds. The van der Waals surface area contributed by atoms with Crippen LogP contribution < -0.4 is 0 Å². The molecule has 1 aromatic rings. The Kier molecular flexibility index (Phi) is 5.15. The quantitative estimate of drug-likeness (QED) is 0.726. The molecule has 0 unspecified atom stereocenters. The van der Waals surface area contributed by atoms with Crippen LogP contribution in [0.3, 0.4) is 0 Å². The molecule has 0 bridgehead atoms. The van der Waals surface area contributed by atoms with E-state index in [0.717, 1.165) is 25.0 Å². The van der Waals surface area contributed by atoms with Gasteiger partial charge in [-0.1, -0.05) is 12.1 Å². The lowest BCUT2D eigenvalue weighted by Crippen LogP contribution is -1.92. The summed E-state index contributed by atoms with van der Waals surface area (Å²) in [5.74, 6) is -0.719. The van der Waals surface area contributed by atoms with Crippen molar-refractivity contribution in [1.82, 2.24) is 4.98 Å². The van der Waals surface area contributed by atoms with Gasteiger partial charge in [0, 0.05) is 12.6 Å². The number of carboxylic acids is 1. The van der Waals surface area contributed by atoms with Gasteiger partial charge in [-0.3, -0.25) is 9.78 Å². The Bertz CT molecular complexity index is 320. The first-order valence-electron chi connectivity index (χ1n) is 5.08. The van der Waals surface area contributed by atoms with Crippen LogP contribution in [0.15, 0.2) is 30.5 Å². The molecule has 0 saturated carbocycles. The van der Waals surface area contributed by atoms with Gasteiger partial charge < -0.3 is 5.11 Å². The van der Waals surface area contributed by atoms with Crippen molar-refractivity contribution < 1.29 is 9.90 Å². The van der Waals surface area contributed by atoms with E-state index in [1.807, 2.05) is 30.4 Å². The van der Waals surface area contributed by atoms with Gasteiger partial charge in [0.25, 0.3) is 0 Å². The molecule has 0 fully saturated rings. The summed E-state index contributed by atoms with van der Waals surface area (Å²) in [6, 6.07) is 5.76. The molecule has 1 aromatic heterocycles. The van der Waals surface area contributed by atoms with Gasteiger partial charge in [0.15, 0.2) is 0 Å². The van der Waals surface area contributed by atoms with E-state index in [0.29, 0.717) is 0 Å². The predicted octanol–water partition coefficient (Wildman–Crippen LogP) is 2.74. The second kappa shape index (κ2) is 6.76. The minimum Gasteiger partial charge on any atom is -0.481 e. The van der Waals surface area contributed by atoms with E-state index in [1.54, 1.807) is 6.20 Å². The van der Waals surface area contributed by atoms with E-state index in [9.17, 15) is 4.79 Å². The summed E-state index contributed by atoms with van der Waals surface area (Å²) in [6.07, 6.45) is 8.56. The average molecular weight is 205 g/mol. The highest BCUT2D eigenvalue weighted by molar-refractivity contribution is 5.66. The molecule has 0 radical (unpaired) electrons. The molecule has 1 heterocycles. The number of aliphatic carboxylic acids is 1. The van der Waals surface area contributed by atoms with Crippen molar-refractivity contribution in [2.45, 2.75) is 25.7 Å². The van der Waals surface area contributed by atoms with Crippen molar-refractivity contribution in [2.24, 2.45) is 0 Å². The number of unbranched alkanes of at least 4 members (excludes halogenated alkanes) is 2. The van der Waals surface area contributed by atoms with E-state index in [1.165, 1.54) is 0 Å². The Labute approximate surface area is 89.5 Å². The Hall–Kier alpha value is -1.64. The molecule has 1 rings (SSSR count). The highest BCUT2D eigenvalue weighted by Gasteiger charge is 1.94. The van der Waals surface area contributed by atoms with Gasteiger partial charge in [0.2, 0.25) is 0 Å². The van der Waals surface area contributed by atoms with Crippen molar-refractivity contribution in [2.75, 3.05) is 0 Å². The minimum atomic E-state index is -0.719. The molecule has 3 nitrogen and oxygen atoms in total. The van der Waals surface area contributed by atoms with Crippen LogP contribution in [0.25, 0.3) is 6.08 Å². The molecule has 0 aromatic carbocycles. The van der Waals surface area contributed by atoms with E-state index in [2.05, 4.69) is 4.98 Å². The molecular weight excluding hydrogens is 190 g/mol. The van der Waals surface area contributed by atoms with Crippen LogP contribution in [0.1, 0.15) is 31.4 Å². The normalized spacial score (nSPS) is 10.7. The van der Waals surface area contributed by atoms with Crippen molar-refractivity contribution in [3.63, 3.8) is 0 Å². The van der Waals surface area contributed by atoms with E-state index < -0.39 is 5.97 Å². The molecule has 15 heavy (non-hydrogen) atoms. The second-order valence-corrected chi connectivity index (χ2v) is 3.30. The Morgan fingerprint density at radius 2 is 2.27 bits per heavy atom. The standard InChI is InChI=1S/C12H15NO2/c14-12(15)9-4-2-1-3-7-11-8-5-6-10-13-11/h3,5-8,10H,1-2,4,9H2,(H,14,15)/b7-3+. The Morgan fingerprint density at radius 1 is 1.40 bits per heavy atom. The molecule has 0 spiro atoms. The third kappa shape index (κ3) is 5.62. The summed E-state index contributed by atoms with van der Waals surface area (Å²) in [7, 11) is 0. The number of rotatable bonds is 6. The number of nitrogens with zero attached hydrogens (tertiary/aromatic N) is 1. The van der Waals surface area contributed by atoms with E-state index in [-0.39, 0.29) is 6.42 Å². The first-order valence-corrected chi connectivity index (χ1v) is 5.08. The van der Waals surface area contributed by atoms with Crippen molar-refractivity contribution >= 4 is 12.0 Å². The second-order valence-electron chi connectivity index (χ2n) is 3.30. The third-order valence-corrected chi connectivity index (χ3v) is 1.99. The predicted molar refractivity (Wildman–Crippen MR) is 59.4 cm³/mol. The van der Waals surface area contributed by atoms with E-state index in [4.69, 9.17) is 5.11 Å². The maximum atomic E-state index is 10.2. The van der Waals surface area contributed by atoms with Gasteiger partial charge in [-0.05, 0) is 37.5 Å². The number of hydrogen-bond donors (Lipinski definition) is 1. The van der Waals surface area contributed by atoms with Crippen LogP contribution in [0.4, 0.5) is 0 Å². The molecule has 80 valence electrons. The van der Waals surface area contributed by atoms with Crippen LogP contribution in [0, 0.1) is 0 Å². The molecule has 0 atom stereocenters. The van der Waals surface area contributed by atoms with Crippen LogP contribution >= 0.6 is 0 Å². The molecule has 0 aliphatic carbocycles. The summed E-state index contributed by atoms with van der Waals surface area (Å²) >= 11 is 0. The van der Waals surface area contributed by atoms with E-state index >= 15 is 0 Å². The number of carboxylic acid groups (broad SMARTS) is 1. The fraction of sp³-hybridized carbons (Fsp3) is 0.333. The fourth-order valence-electron chi connectivity index (χ4n) is 1.22. The van der Waals surface area contributed by atoms with Gasteiger partial charge in [-0.15, -0.1) is 0 Å².